The number of piperazine rings is 1. The molecule has 2 aliphatic rings. The minimum absolute atomic E-state index is 0.0327. The van der Waals surface area contributed by atoms with Crippen LogP contribution in [0.5, 0.6) is 17.2 Å². The molecule has 3 heterocycles. The maximum absolute atomic E-state index is 12.6. The van der Waals surface area contributed by atoms with Gasteiger partial charge in [-0.05, 0) is 24.3 Å². The molecule has 1 saturated heterocycles. The highest BCUT2D eigenvalue weighted by Gasteiger charge is 2.22. The smallest absolute Gasteiger partial charge is 0.238 e. The van der Waals surface area contributed by atoms with E-state index in [9.17, 15) is 4.79 Å². The van der Waals surface area contributed by atoms with E-state index < -0.39 is 0 Å². The molecule has 8 nitrogen and oxygen atoms in total. The van der Waals surface area contributed by atoms with Crippen molar-refractivity contribution < 1.29 is 19.0 Å². The van der Waals surface area contributed by atoms with Crippen molar-refractivity contribution in [2.45, 2.75) is 0 Å². The Labute approximate surface area is 196 Å². The molecular weight excluding hydrogens is 440 g/mol. The highest BCUT2D eigenvalue weighted by atomic mass is 32.1. The van der Waals surface area contributed by atoms with Crippen molar-refractivity contribution >= 4 is 28.1 Å². The number of amides is 1. The second-order valence-corrected chi connectivity index (χ2v) is 8.75. The van der Waals surface area contributed by atoms with Crippen molar-refractivity contribution in [1.29, 1.82) is 0 Å². The van der Waals surface area contributed by atoms with Gasteiger partial charge in [-0.25, -0.2) is 4.98 Å². The van der Waals surface area contributed by atoms with Crippen LogP contribution in [0.25, 0.3) is 11.3 Å². The third-order valence-electron chi connectivity index (χ3n) is 5.69. The van der Waals surface area contributed by atoms with E-state index in [0.717, 1.165) is 54.0 Å². The molecule has 0 spiro atoms. The highest BCUT2D eigenvalue weighted by molar-refractivity contribution is 7.14. The molecule has 172 valence electrons. The highest BCUT2D eigenvalue weighted by Crippen LogP contribution is 2.33. The fourth-order valence-electron chi connectivity index (χ4n) is 3.95. The van der Waals surface area contributed by atoms with E-state index in [-0.39, 0.29) is 5.91 Å². The summed E-state index contributed by atoms with van der Waals surface area (Å²) in [4.78, 5) is 21.8. The van der Waals surface area contributed by atoms with E-state index >= 15 is 0 Å². The fraction of sp³-hybridized carbons (Fsp3) is 0.333. The van der Waals surface area contributed by atoms with Gasteiger partial charge in [-0.15, -0.1) is 11.3 Å². The predicted molar refractivity (Wildman–Crippen MR) is 129 cm³/mol. The second-order valence-electron chi connectivity index (χ2n) is 7.92. The number of rotatable bonds is 6. The first-order valence-corrected chi connectivity index (χ1v) is 11.8. The Hall–Kier alpha value is -3.30. The number of carbonyl (C=O) groups excluding carboxylic acids is 1. The SMILES string of the molecule is COc1cccc(-c2csc(N3CCN(CC(=O)Nc4ccc5c(c4)OCCO5)CC3)n2)c1. The van der Waals surface area contributed by atoms with Crippen LogP contribution in [0.3, 0.4) is 0 Å². The molecule has 0 unspecified atom stereocenters. The van der Waals surface area contributed by atoms with E-state index in [4.69, 9.17) is 19.2 Å². The number of fused-ring (bicyclic) bond motifs is 1. The van der Waals surface area contributed by atoms with Gasteiger partial charge in [0.1, 0.15) is 19.0 Å². The lowest BCUT2D eigenvalue weighted by atomic mass is 10.2. The maximum Gasteiger partial charge on any atom is 0.238 e. The molecule has 1 aromatic heterocycles. The molecule has 0 bridgehead atoms. The van der Waals surface area contributed by atoms with Gasteiger partial charge in [0.15, 0.2) is 16.6 Å². The van der Waals surface area contributed by atoms with Crippen molar-refractivity contribution in [3.63, 3.8) is 0 Å². The lowest BCUT2D eigenvalue weighted by molar-refractivity contribution is -0.117. The normalized spacial score (nSPS) is 15.8. The van der Waals surface area contributed by atoms with E-state index in [1.165, 1.54) is 0 Å². The Kier molecular flexibility index (Phi) is 6.32. The largest absolute Gasteiger partial charge is 0.497 e. The molecule has 9 heteroatoms. The number of benzene rings is 2. The van der Waals surface area contributed by atoms with Gasteiger partial charge in [-0.2, -0.15) is 0 Å². The first kappa shape index (κ1) is 21.5. The van der Waals surface area contributed by atoms with Gasteiger partial charge < -0.3 is 24.4 Å². The number of thiazole rings is 1. The summed E-state index contributed by atoms with van der Waals surface area (Å²) in [5.41, 5.74) is 2.72. The van der Waals surface area contributed by atoms with E-state index in [0.29, 0.717) is 31.3 Å². The van der Waals surface area contributed by atoms with Crippen molar-refractivity contribution in [2.75, 3.05) is 63.3 Å². The van der Waals surface area contributed by atoms with Crippen molar-refractivity contribution in [3.05, 3.63) is 47.8 Å². The lowest BCUT2D eigenvalue weighted by Crippen LogP contribution is -2.48. The standard InChI is InChI=1S/C24H26N4O4S/c1-30-19-4-2-3-17(13-19)20-16-33-24(26-20)28-9-7-27(8-10-28)15-23(29)25-18-5-6-21-22(14-18)32-12-11-31-21/h2-6,13-14,16H,7-12,15H2,1H3,(H,25,29). The van der Waals surface area contributed by atoms with Crippen molar-refractivity contribution in [3.8, 4) is 28.5 Å². The molecule has 2 aliphatic heterocycles. The molecule has 0 atom stereocenters. The first-order chi connectivity index (χ1) is 16.2. The third kappa shape index (κ3) is 5.04. The molecule has 1 amide bonds. The minimum atomic E-state index is -0.0327. The number of nitrogens with one attached hydrogen (secondary N) is 1. The zero-order valence-corrected chi connectivity index (χ0v) is 19.3. The van der Waals surface area contributed by atoms with Crippen molar-refractivity contribution in [1.82, 2.24) is 9.88 Å². The van der Waals surface area contributed by atoms with Gasteiger partial charge in [-0.3, -0.25) is 9.69 Å². The average Bonchev–Trinajstić information content (AvgIpc) is 3.35. The van der Waals surface area contributed by atoms with Gasteiger partial charge in [0.25, 0.3) is 0 Å². The Morgan fingerprint density at radius 3 is 2.73 bits per heavy atom. The van der Waals surface area contributed by atoms with Crippen LogP contribution < -0.4 is 24.4 Å². The summed E-state index contributed by atoms with van der Waals surface area (Å²) in [6, 6.07) is 13.4. The van der Waals surface area contributed by atoms with Crippen LogP contribution in [0.4, 0.5) is 10.8 Å². The molecule has 1 fully saturated rings. The van der Waals surface area contributed by atoms with Gasteiger partial charge in [0.2, 0.25) is 5.91 Å². The minimum Gasteiger partial charge on any atom is -0.497 e. The summed E-state index contributed by atoms with van der Waals surface area (Å²) in [5, 5.41) is 6.05. The summed E-state index contributed by atoms with van der Waals surface area (Å²) in [7, 11) is 1.67. The topological polar surface area (TPSA) is 76.2 Å². The zero-order valence-electron chi connectivity index (χ0n) is 18.5. The zero-order chi connectivity index (χ0) is 22.6. The Morgan fingerprint density at radius 1 is 1.09 bits per heavy atom. The molecule has 1 N–H and O–H groups in total. The van der Waals surface area contributed by atoms with Gasteiger partial charge >= 0.3 is 0 Å². The van der Waals surface area contributed by atoms with Crippen LogP contribution in [0.2, 0.25) is 0 Å². The Bertz CT molecular complexity index is 1130. The first-order valence-electron chi connectivity index (χ1n) is 10.9. The van der Waals surface area contributed by atoms with E-state index in [1.807, 2.05) is 42.5 Å². The number of aromatic nitrogens is 1. The monoisotopic (exact) mass is 466 g/mol. The van der Waals surface area contributed by atoms with Crippen molar-refractivity contribution in [2.24, 2.45) is 0 Å². The number of anilines is 2. The molecule has 0 saturated carbocycles. The van der Waals surface area contributed by atoms with Crippen LogP contribution in [0.1, 0.15) is 0 Å². The van der Waals surface area contributed by atoms with Gasteiger partial charge in [0.05, 0.1) is 19.3 Å². The van der Waals surface area contributed by atoms with Crippen LogP contribution in [-0.4, -0.2) is 68.8 Å². The number of carbonyl (C=O) groups is 1. The van der Waals surface area contributed by atoms with Crippen LogP contribution in [-0.2, 0) is 4.79 Å². The Morgan fingerprint density at radius 2 is 1.91 bits per heavy atom. The third-order valence-corrected chi connectivity index (χ3v) is 6.59. The lowest BCUT2D eigenvalue weighted by Gasteiger charge is -2.34. The summed E-state index contributed by atoms with van der Waals surface area (Å²) >= 11 is 1.65. The predicted octanol–water partition coefficient (Wildman–Crippen LogP) is 3.35. The van der Waals surface area contributed by atoms with Crippen LogP contribution in [0.15, 0.2) is 47.8 Å². The molecular formula is C24H26N4O4S. The molecule has 3 aromatic rings. The number of nitrogens with zero attached hydrogens (tertiary/aromatic N) is 3. The van der Waals surface area contributed by atoms with Crippen LogP contribution >= 0.6 is 11.3 Å². The summed E-state index contributed by atoms with van der Waals surface area (Å²) in [6.45, 7) is 4.72. The van der Waals surface area contributed by atoms with E-state index in [1.54, 1.807) is 18.4 Å². The number of hydrogen-bond acceptors (Lipinski definition) is 8. The van der Waals surface area contributed by atoms with Crippen LogP contribution in [0, 0.1) is 0 Å². The maximum atomic E-state index is 12.6. The summed E-state index contributed by atoms with van der Waals surface area (Å²) < 4.78 is 16.4. The Balaban J connectivity index is 1.13. The molecule has 5 rings (SSSR count). The molecule has 33 heavy (non-hydrogen) atoms. The quantitative estimate of drug-likeness (QED) is 0.597. The number of methoxy groups -OCH3 is 1. The fourth-order valence-corrected chi connectivity index (χ4v) is 4.84. The summed E-state index contributed by atoms with van der Waals surface area (Å²) in [5.74, 6) is 2.18. The number of hydrogen-bond donors (Lipinski definition) is 1. The summed E-state index contributed by atoms with van der Waals surface area (Å²) in [6.07, 6.45) is 0. The average molecular weight is 467 g/mol. The molecule has 0 radical (unpaired) electrons. The van der Waals surface area contributed by atoms with E-state index in [2.05, 4.69) is 20.5 Å². The number of ether oxygens (including phenoxy) is 3. The molecule has 0 aliphatic carbocycles. The molecule has 2 aromatic carbocycles. The second kappa shape index (κ2) is 9.68. The van der Waals surface area contributed by atoms with Gasteiger partial charge in [-0.1, -0.05) is 12.1 Å². The van der Waals surface area contributed by atoms with Gasteiger partial charge in [0, 0.05) is 48.9 Å².